The fourth-order valence-electron chi connectivity index (χ4n) is 3.09. The Morgan fingerprint density at radius 2 is 2.00 bits per heavy atom. The topological polar surface area (TPSA) is 75.4 Å². The zero-order valence-corrected chi connectivity index (χ0v) is 15.2. The molecule has 0 radical (unpaired) electrons. The normalized spacial score (nSPS) is 17.2. The monoisotopic (exact) mass is 375 g/mol. The van der Waals surface area contributed by atoms with Gasteiger partial charge in [0.2, 0.25) is 5.91 Å². The van der Waals surface area contributed by atoms with Crippen LogP contribution in [0, 0.1) is 11.7 Å². The fraction of sp³-hybridized carbons (Fsp3) is 0.368. The summed E-state index contributed by atoms with van der Waals surface area (Å²) in [5, 5.41) is 2.80. The molecule has 5 nitrogen and oxygen atoms in total. The summed E-state index contributed by atoms with van der Waals surface area (Å²) < 4.78 is 13.1. The lowest BCUT2D eigenvalue weighted by molar-refractivity contribution is -0.126. The van der Waals surface area contributed by atoms with Gasteiger partial charge < -0.3 is 16.0 Å². The van der Waals surface area contributed by atoms with Crippen molar-refractivity contribution in [3.8, 4) is 10.4 Å². The van der Waals surface area contributed by atoms with Crippen molar-refractivity contribution >= 4 is 23.2 Å². The maximum absolute atomic E-state index is 13.1. The van der Waals surface area contributed by atoms with Gasteiger partial charge in [-0.1, -0.05) is 12.1 Å². The summed E-state index contributed by atoms with van der Waals surface area (Å²) in [6.45, 7) is 1.94. The first-order valence-corrected chi connectivity index (χ1v) is 9.53. The van der Waals surface area contributed by atoms with E-state index in [0.717, 1.165) is 23.3 Å². The molecule has 1 aromatic heterocycles. The number of thiophene rings is 1. The first-order valence-electron chi connectivity index (χ1n) is 8.71. The minimum absolute atomic E-state index is 0.0360. The first-order chi connectivity index (χ1) is 12.6. The number of nitrogens with zero attached hydrogens (tertiary/aromatic N) is 1. The van der Waals surface area contributed by atoms with E-state index in [-0.39, 0.29) is 23.5 Å². The van der Waals surface area contributed by atoms with Crippen LogP contribution in [0.25, 0.3) is 10.4 Å². The molecule has 2 amide bonds. The number of carbonyl (C=O) groups excluding carboxylic acids is 2. The second-order valence-corrected chi connectivity index (χ2v) is 7.42. The van der Waals surface area contributed by atoms with E-state index in [2.05, 4.69) is 5.32 Å². The van der Waals surface area contributed by atoms with E-state index in [1.54, 1.807) is 23.1 Å². The Morgan fingerprint density at radius 3 is 2.73 bits per heavy atom. The van der Waals surface area contributed by atoms with Crippen LogP contribution in [0.1, 0.15) is 22.5 Å². The number of benzene rings is 1. The van der Waals surface area contributed by atoms with Crippen LogP contribution in [0.4, 0.5) is 4.39 Å². The Bertz CT molecular complexity index is 775. The van der Waals surface area contributed by atoms with E-state index in [1.165, 1.54) is 23.5 Å². The van der Waals surface area contributed by atoms with Crippen molar-refractivity contribution in [1.29, 1.82) is 0 Å². The van der Waals surface area contributed by atoms with Gasteiger partial charge >= 0.3 is 0 Å². The van der Waals surface area contributed by atoms with Crippen LogP contribution in [-0.4, -0.2) is 42.9 Å². The SMILES string of the molecule is NCCNC(=O)C1CCCN(C(=O)c2ccc(-c3ccc(F)cc3)s2)C1. The van der Waals surface area contributed by atoms with Crippen molar-refractivity contribution < 1.29 is 14.0 Å². The third-order valence-electron chi connectivity index (χ3n) is 4.47. The van der Waals surface area contributed by atoms with Gasteiger partial charge in [0.1, 0.15) is 5.82 Å². The van der Waals surface area contributed by atoms with Crippen LogP contribution in [-0.2, 0) is 4.79 Å². The Balaban J connectivity index is 1.67. The quantitative estimate of drug-likeness (QED) is 0.843. The van der Waals surface area contributed by atoms with Gasteiger partial charge in [0, 0.05) is 31.1 Å². The number of likely N-dealkylation sites (tertiary alicyclic amines) is 1. The number of rotatable bonds is 5. The molecule has 2 heterocycles. The summed E-state index contributed by atoms with van der Waals surface area (Å²) >= 11 is 1.39. The molecule has 1 aliphatic heterocycles. The molecular weight excluding hydrogens is 353 g/mol. The molecule has 0 bridgehead atoms. The maximum Gasteiger partial charge on any atom is 0.263 e. The van der Waals surface area contributed by atoms with E-state index in [1.807, 2.05) is 6.07 Å². The second-order valence-electron chi connectivity index (χ2n) is 6.34. The molecule has 0 aliphatic carbocycles. The highest BCUT2D eigenvalue weighted by molar-refractivity contribution is 7.17. The highest BCUT2D eigenvalue weighted by atomic mass is 32.1. The molecule has 1 saturated heterocycles. The number of nitrogens with two attached hydrogens (primary N) is 1. The molecule has 26 heavy (non-hydrogen) atoms. The van der Waals surface area contributed by atoms with E-state index in [0.29, 0.717) is 31.1 Å². The average molecular weight is 375 g/mol. The largest absolute Gasteiger partial charge is 0.355 e. The van der Waals surface area contributed by atoms with E-state index in [4.69, 9.17) is 5.73 Å². The van der Waals surface area contributed by atoms with Gasteiger partial charge in [0.15, 0.2) is 0 Å². The maximum atomic E-state index is 13.1. The predicted molar refractivity (Wildman–Crippen MR) is 100 cm³/mol. The molecule has 7 heteroatoms. The second kappa shape index (κ2) is 8.42. The third-order valence-corrected chi connectivity index (χ3v) is 5.59. The van der Waals surface area contributed by atoms with Gasteiger partial charge in [-0.25, -0.2) is 4.39 Å². The molecule has 0 spiro atoms. The van der Waals surface area contributed by atoms with Crippen molar-refractivity contribution in [2.75, 3.05) is 26.2 Å². The lowest BCUT2D eigenvalue weighted by atomic mass is 9.97. The fourth-order valence-corrected chi connectivity index (χ4v) is 4.07. The van der Waals surface area contributed by atoms with Crippen LogP contribution in [0.15, 0.2) is 36.4 Å². The van der Waals surface area contributed by atoms with E-state index < -0.39 is 0 Å². The molecule has 3 rings (SSSR count). The minimum atomic E-state index is -0.283. The zero-order chi connectivity index (χ0) is 18.5. The lowest BCUT2D eigenvalue weighted by Gasteiger charge is -2.31. The van der Waals surface area contributed by atoms with Crippen LogP contribution in [0.3, 0.4) is 0 Å². The van der Waals surface area contributed by atoms with Gasteiger partial charge in [-0.15, -0.1) is 11.3 Å². The zero-order valence-electron chi connectivity index (χ0n) is 14.4. The van der Waals surface area contributed by atoms with Crippen LogP contribution in [0.2, 0.25) is 0 Å². The van der Waals surface area contributed by atoms with Gasteiger partial charge in [-0.05, 0) is 42.7 Å². The summed E-state index contributed by atoms with van der Waals surface area (Å²) in [6, 6.07) is 9.89. The van der Waals surface area contributed by atoms with Crippen LogP contribution < -0.4 is 11.1 Å². The Hall–Kier alpha value is -2.25. The molecule has 1 aromatic carbocycles. The number of halogens is 1. The number of carbonyl (C=O) groups is 2. The Labute approximate surface area is 156 Å². The van der Waals surface area contributed by atoms with Crippen molar-refractivity contribution in [2.45, 2.75) is 12.8 Å². The van der Waals surface area contributed by atoms with Crippen LogP contribution >= 0.6 is 11.3 Å². The van der Waals surface area contributed by atoms with Crippen molar-refractivity contribution in [3.63, 3.8) is 0 Å². The molecule has 0 saturated carbocycles. The van der Waals surface area contributed by atoms with Crippen LogP contribution in [0.5, 0.6) is 0 Å². The summed E-state index contributed by atoms with van der Waals surface area (Å²) in [6.07, 6.45) is 1.59. The van der Waals surface area contributed by atoms with Crippen molar-refractivity contribution in [3.05, 3.63) is 47.1 Å². The summed E-state index contributed by atoms with van der Waals surface area (Å²) in [4.78, 5) is 28.2. The standard InChI is InChI=1S/C19H22FN3O2S/c20-15-5-3-13(4-6-15)16-7-8-17(26-16)19(25)23-11-1-2-14(12-23)18(24)22-10-9-21/h3-8,14H,1-2,9-12,21H2,(H,22,24). The van der Waals surface area contributed by atoms with Gasteiger partial charge in [-0.3, -0.25) is 9.59 Å². The molecule has 1 atom stereocenters. The molecule has 2 aromatic rings. The van der Waals surface area contributed by atoms with E-state index in [9.17, 15) is 14.0 Å². The third kappa shape index (κ3) is 4.28. The van der Waals surface area contributed by atoms with Gasteiger partial charge in [0.25, 0.3) is 5.91 Å². The predicted octanol–water partition coefficient (Wildman–Crippen LogP) is 2.48. The summed E-state index contributed by atoms with van der Waals surface area (Å²) in [5.74, 6) is -0.560. The summed E-state index contributed by atoms with van der Waals surface area (Å²) in [5.41, 5.74) is 6.30. The Kier molecular flexibility index (Phi) is 6.00. The number of amides is 2. The number of hydrogen-bond donors (Lipinski definition) is 2. The number of hydrogen-bond acceptors (Lipinski definition) is 4. The highest BCUT2D eigenvalue weighted by Crippen LogP contribution is 2.30. The van der Waals surface area contributed by atoms with Crippen molar-refractivity contribution in [2.24, 2.45) is 11.7 Å². The molecule has 138 valence electrons. The molecular formula is C19H22FN3O2S. The molecule has 1 aliphatic rings. The number of nitrogens with one attached hydrogen (secondary N) is 1. The highest BCUT2D eigenvalue weighted by Gasteiger charge is 2.29. The molecule has 1 fully saturated rings. The molecule has 1 unspecified atom stereocenters. The average Bonchev–Trinajstić information content (AvgIpc) is 3.16. The minimum Gasteiger partial charge on any atom is -0.355 e. The molecule has 3 N–H and O–H groups in total. The number of piperidine rings is 1. The van der Waals surface area contributed by atoms with Gasteiger partial charge in [-0.2, -0.15) is 0 Å². The lowest BCUT2D eigenvalue weighted by Crippen LogP contribution is -2.46. The Morgan fingerprint density at radius 1 is 1.23 bits per heavy atom. The van der Waals surface area contributed by atoms with E-state index >= 15 is 0 Å². The first kappa shape index (κ1) is 18.5. The smallest absolute Gasteiger partial charge is 0.263 e. The summed E-state index contributed by atoms with van der Waals surface area (Å²) in [7, 11) is 0. The van der Waals surface area contributed by atoms with Crippen molar-refractivity contribution in [1.82, 2.24) is 10.2 Å². The van der Waals surface area contributed by atoms with Gasteiger partial charge in [0.05, 0.1) is 10.8 Å².